The number of ether oxygens (including phenoxy) is 1. The molecule has 1 saturated heterocycles. The number of amides is 1. The highest BCUT2D eigenvalue weighted by Crippen LogP contribution is 2.30. The van der Waals surface area contributed by atoms with Gasteiger partial charge in [0.05, 0.1) is 47.0 Å². The maximum Gasteiger partial charge on any atom is 0.273 e. The molecule has 232 valence electrons. The minimum Gasteiger partial charge on any atom is -0.378 e. The van der Waals surface area contributed by atoms with Gasteiger partial charge in [0.2, 0.25) is 0 Å². The first-order valence-electron chi connectivity index (χ1n) is 14.0. The molecule has 1 heterocycles. The van der Waals surface area contributed by atoms with Crippen LogP contribution in [0.25, 0.3) is 0 Å². The van der Waals surface area contributed by atoms with E-state index in [1.807, 2.05) is 11.8 Å². The normalized spacial score (nSPS) is 13.5. The second-order valence-corrected chi connectivity index (χ2v) is 12.6. The number of para-hydroxylation sites is 1. The molecule has 0 aliphatic carbocycles. The van der Waals surface area contributed by atoms with Crippen LogP contribution in [0.15, 0.2) is 101 Å². The number of nitrogens with one attached hydrogen (secondary N) is 1. The summed E-state index contributed by atoms with van der Waals surface area (Å²) in [6.45, 7) is 4.00. The number of aryl methyl sites for hydroxylation is 1. The molecule has 0 aromatic heterocycles. The third-order valence-electron chi connectivity index (χ3n) is 7.21. The number of sulfonamides is 1. The largest absolute Gasteiger partial charge is 0.378 e. The number of hydrazone groups is 1. The van der Waals surface area contributed by atoms with Gasteiger partial charge < -0.3 is 9.64 Å². The summed E-state index contributed by atoms with van der Waals surface area (Å²) in [6, 6.07) is 24.0. The second-order valence-electron chi connectivity index (χ2n) is 10.3. The van der Waals surface area contributed by atoms with E-state index in [9.17, 15) is 23.3 Å². The van der Waals surface area contributed by atoms with Crippen LogP contribution in [0.2, 0.25) is 5.02 Å². The zero-order valence-corrected chi connectivity index (χ0v) is 25.9. The second kappa shape index (κ2) is 13.9. The van der Waals surface area contributed by atoms with Gasteiger partial charge in [0.15, 0.2) is 0 Å². The Morgan fingerprint density at radius 3 is 2.42 bits per heavy atom. The Bertz CT molecular complexity index is 1830. The fourth-order valence-corrected chi connectivity index (χ4v) is 6.45. The number of morpholine rings is 1. The molecule has 45 heavy (non-hydrogen) atoms. The Kier molecular flexibility index (Phi) is 9.77. The molecule has 0 radical (unpaired) electrons. The van der Waals surface area contributed by atoms with E-state index >= 15 is 0 Å². The number of hydrogen-bond donors (Lipinski definition) is 1. The number of rotatable bonds is 10. The van der Waals surface area contributed by atoms with E-state index in [1.54, 1.807) is 60.7 Å². The quantitative estimate of drug-likeness (QED) is 0.135. The SMILES string of the molecule is Cc1ccc(S(=O)(=O)N(Cc2ccc(Cl)cc2)c2ccccc2C(=O)N/N=C\c2cc([N+](=O)[O-])ccc2N2CCOCC2)cc1. The topological polar surface area (TPSA) is 134 Å². The predicted octanol–water partition coefficient (Wildman–Crippen LogP) is 5.55. The van der Waals surface area contributed by atoms with E-state index in [-0.39, 0.29) is 28.4 Å². The molecule has 0 unspecified atom stereocenters. The Hall–Kier alpha value is -4.78. The van der Waals surface area contributed by atoms with Crippen molar-refractivity contribution in [3.63, 3.8) is 0 Å². The summed E-state index contributed by atoms with van der Waals surface area (Å²) in [5, 5.41) is 16.1. The zero-order chi connectivity index (χ0) is 32.0. The number of benzene rings is 4. The molecule has 4 aromatic rings. The Morgan fingerprint density at radius 2 is 1.73 bits per heavy atom. The fraction of sp³-hybridized carbons (Fsp3) is 0.188. The van der Waals surface area contributed by atoms with Gasteiger partial charge in [0, 0.05) is 41.5 Å². The maximum atomic E-state index is 14.0. The summed E-state index contributed by atoms with van der Waals surface area (Å²) in [5.74, 6) is -0.666. The molecule has 1 aliphatic rings. The highest BCUT2D eigenvalue weighted by atomic mass is 35.5. The third-order valence-corrected chi connectivity index (χ3v) is 9.24. The van der Waals surface area contributed by atoms with E-state index in [0.717, 1.165) is 5.56 Å². The van der Waals surface area contributed by atoms with Gasteiger partial charge in [-0.3, -0.25) is 19.2 Å². The number of nitro groups is 1. The van der Waals surface area contributed by atoms with Gasteiger partial charge in [-0.25, -0.2) is 13.8 Å². The highest BCUT2D eigenvalue weighted by Gasteiger charge is 2.29. The minimum atomic E-state index is -4.13. The van der Waals surface area contributed by atoms with E-state index in [2.05, 4.69) is 10.5 Å². The van der Waals surface area contributed by atoms with E-state index in [0.29, 0.717) is 48.1 Å². The molecule has 13 heteroatoms. The number of nitrogens with zero attached hydrogens (tertiary/aromatic N) is 4. The van der Waals surface area contributed by atoms with Crippen molar-refractivity contribution in [2.45, 2.75) is 18.4 Å². The number of carbonyl (C=O) groups excluding carboxylic acids is 1. The maximum absolute atomic E-state index is 14.0. The van der Waals surface area contributed by atoms with Gasteiger partial charge in [-0.1, -0.05) is 53.6 Å². The molecule has 1 aliphatic heterocycles. The molecule has 0 saturated carbocycles. The summed E-state index contributed by atoms with van der Waals surface area (Å²) in [7, 11) is -4.13. The molecular weight excluding hydrogens is 618 g/mol. The number of halogens is 1. The molecular formula is C32H30ClN5O6S. The fourth-order valence-electron chi connectivity index (χ4n) is 4.85. The zero-order valence-electron chi connectivity index (χ0n) is 24.3. The molecule has 4 aromatic carbocycles. The van der Waals surface area contributed by atoms with Gasteiger partial charge in [0.25, 0.3) is 21.6 Å². The van der Waals surface area contributed by atoms with Gasteiger partial charge >= 0.3 is 0 Å². The first kappa shape index (κ1) is 31.6. The van der Waals surface area contributed by atoms with Crippen molar-refractivity contribution < 1.29 is 22.9 Å². The lowest BCUT2D eigenvalue weighted by atomic mass is 10.1. The van der Waals surface area contributed by atoms with Crippen molar-refractivity contribution in [3.8, 4) is 0 Å². The lowest BCUT2D eigenvalue weighted by molar-refractivity contribution is -0.384. The van der Waals surface area contributed by atoms with Crippen molar-refractivity contribution in [1.29, 1.82) is 0 Å². The van der Waals surface area contributed by atoms with Crippen LogP contribution in [0.4, 0.5) is 17.1 Å². The van der Waals surface area contributed by atoms with Gasteiger partial charge in [-0.15, -0.1) is 0 Å². The van der Waals surface area contributed by atoms with Crippen LogP contribution in [0.1, 0.15) is 27.0 Å². The average Bonchev–Trinajstić information content (AvgIpc) is 3.05. The van der Waals surface area contributed by atoms with Crippen molar-refractivity contribution >= 4 is 50.8 Å². The van der Waals surface area contributed by atoms with Crippen molar-refractivity contribution in [2.75, 3.05) is 35.5 Å². The van der Waals surface area contributed by atoms with Crippen LogP contribution in [0, 0.1) is 17.0 Å². The van der Waals surface area contributed by atoms with Crippen LogP contribution in [-0.4, -0.2) is 51.8 Å². The van der Waals surface area contributed by atoms with Gasteiger partial charge in [0.1, 0.15) is 0 Å². The first-order chi connectivity index (χ1) is 21.6. The highest BCUT2D eigenvalue weighted by molar-refractivity contribution is 7.92. The lowest BCUT2D eigenvalue weighted by Crippen LogP contribution is -2.36. The Balaban J connectivity index is 1.48. The smallest absolute Gasteiger partial charge is 0.273 e. The van der Waals surface area contributed by atoms with E-state index < -0.39 is 20.9 Å². The van der Waals surface area contributed by atoms with Crippen molar-refractivity contribution in [1.82, 2.24) is 5.43 Å². The van der Waals surface area contributed by atoms with Gasteiger partial charge in [-0.2, -0.15) is 5.10 Å². The van der Waals surface area contributed by atoms with Gasteiger partial charge in [-0.05, 0) is 55.0 Å². The molecule has 0 bridgehead atoms. The summed E-state index contributed by atoms with van der Waals surface area (Å²) in [4.78, 5) is 26.6. The predicted molar refractivity (Wildman–Crippen MR) is 174 cm³/mol. The van der Waals surface area contributed by atoms with Crippen LogP contribution >= 0.6 is 11.6 Å². The van der Waals surface area contributed by atoms with E-state index in [4.69, 9.17) is 16.3 Å². The molecule has 0 spiro atoms. The number of hydrogen-bond acceptors (Lipinski definition) is 8. The Morgan fingerprint density at radius 1 is 1.04 bits per heavy atom. The third kappa shape index (κ3) is 7.48. The monoisotopic (exact) mass is 647 g/mol. The van der Waals surface area contributed by atoms with Crippen LogP contribution in [0.5, 0.6) is 0 Å². The Labute approximate surface area is 265 Å². The lowest BCUT2D eigenvalue weighted by Gasteiger charge is -2.29. The molecule has 11 nitrogen and oxygen atoms in total. The summed E-state index contributed by atoms with van der Waals surface area (Å²) >= 11 is 6.06. The minimum absolute atomic E-state index is 0.0618. The average molecular weight is 648 g/mol. The number of nitro benzene ring substituents is 1. The summed E-state index contributed by atoms with van der Waals surface area (Å²) in [6.07, 6.45) is 1.34. The molecule has 0 atom stereocenters. The van der Waals surface area contributed by atoms with E-state index in [1.165, 1.54) is 40.9 Å². The summed E-state index contributed by atoms with van der Waals surface area (Å²) < 4.78 is 34.7. The standard InChI is InChI=1S/C32H30ClN5O6S/c1-23-6-13-28(14-7-23)45(42,43)37(22-24-8-10-26(33)11-9-24)31-5-3-2-4-29(31)32(39)35-34-21-25-20-27(38(40)41)12-15-30(25)36-16-18-44-19-17-36/h2-15,20-21H,16-19,22H2,1H3,(H,35,39)/b34-21-. The first-order valence-corrected chi connectivity index (χ1v) is 15.8. The molecule has 5 rings (SSSR count). The number of anilines is 2. The van der Waals surface area contributed by atoms with Crippen LogP contribution in [0.3, 0.4) is 0 Å². The summed E-state index contributed by atoms with van der Waals surface area (Å²) in [5.41, 5.74) is 5.26. The van der Waals surface area contributed by atoms with Crippen molar-refractivity contribution in [3.05, 3.63) is 128 Å². The van der Waals surface area contributed by atoms with Crippen LogP contribution < -0.4 is 14.6 Å². The van der Waals surface area contributed by atoms with Crippen LogP contribution in [-0.2, 0) is 21.3 Å². The molecule has 1 fully saturated rings. The molecule has 1 amide bonds. The molecule has 1 N–H and O–H groups in total. The van der Waals surface area contributed by atoms with Crippen molar-refractivity contribution in [2.24, 2.45) is 5.10 Å². The number of carbonyl (C=O) groups is 1. The number of non-ortho nitro benzene ring substituents is 1.